The summed E-state index contributed by atoms with van der Waals surface area (Å²) in [7, 11) is 0. The van der Waals surface area contributed by atoms with Gasteiger partial charge in [-0.05, 0) is 67.5 Å². The topological polar surface area (TPSA) is 47.8 Å². The molecule has 2 saturated carbocycles. The number of hydrogen-bond donors (Lipinski definition) is 0. The fourth-order valence-electron chi connectivity index (χ4n) is 5.06. The highest BCUT2D eigenvalue weighted by Crippen LogP contribution is 2.53. The van der Waals surface area contributed by atoms with Crippen LogP contribution in [0.2, 0.25) is 4.34 Å². The van der Waals surface area contributed by atoms with Crippen molar-refractivity contribution in [2.75, 3.05) is 5.75 Å². The number of fused-ring (bicyclic) bond motifs is 2. The maximum atomic E-state index is 12.6. The molecule has 0 radical (unpaired) electrons. The van der Waals surface area contributed by atoms with E-state index in [1.807, 2.05) is 0 Å². The van der Waals surface area contributed by atoms with E-state index in [-0.39, 0.29) is 5.78 Å². The molecule has 5 rings (SSSR count). The number of carbonyl (C=O) groups excluding carboxylic acids is 1. The maximum Gasteiger partial charge on any atom is 0.192 e. The standard InChI is InChI=1S/C21H22ClN3OS3/c1-12(15-10-13-4-5-14(15)9-13)25-20(18-3-2-8-27-18)23-24-21(25)28-11-16(26)17-6-7-19(22)29-17/h2-3,6-8,12-15H,4-5,9-11H2,1H3/t12-,13+,14+,15+/m1/s1. The van der Waals surface area contributed by atoms with Gasteiger partial charge in [0.05, 0.1) is 19.8 Å². The number of halogens is 1. The molecule has 2 fully saturated rings. The summed E-state index contributed by atoms with van der Waals surface area (Å²) in [5, 5.41) is 12.0. The first-order chi connectivity index (χ1) is 14.1. The van der Waals surface area contributed by atoms with Crippen LogP contribution in [-0.4, -0.2) is 26.3 Å². The molecule has 152 valence electrons. The molecule has 0 aromatic carbocycles. The zero-order chi connectivity index (χ0) is 20.0. The molecule has 0 aliphatic heterocycles. The molecule has 3 heterocycles. The Morgan fingerprint density at radius 3 is 2.86 bits per heavy atom. The van der Waals surface area contributed by atoms with Crippen LogP contribution in [0.4, 0.5) is 0 Å². The molecule has 29 heavy (non-hydrogen) atoms. The Kier molecular flexibility index (Phi) is 5.58. The molecule has 0 saturated heterocycles. The molecule has 3 aromatic heterocycles. The molecular weight excluding hydrogens is 442 g/mol. The van der Waals surface area contributed by atoms with Gasteiger partial charge < -0.3 is 0 Å². The summed E-state index contributed by atoms with van der Waals surface area (Å²) in [5.74, 6) is 3.77. The van der Waals surface area contributed by atoms with Crippen molar-refractivity contribution in [2.24, 2.45) is 17.8 Å². The van der Waals surface area contributed by atoms with Gasteiger partial charge >= 0.3 is 0 Å². The van der Waals surface area contributed by atoms with Crippen LogP contribution in [0.15, 0.2) is 34.8 Å². The Morgan fingerprint density at radius 1 is 1.31 bits per heavy atom. The predicted molar refractivity (Wildman–Crippen MR) is 121 cm³/mol. The van der Waals surface area contributed by atoms with Crippen LogP contribution in [0.3, 0.4) is 0 Å². The van der Waals surface area contributed by atoms with E-state index in [9.17, 15) is 4.79 Å². The lowest BCUT2D eigenvalue weighted by Gasteiger charge is -2.30. The van der Waals surface area contributed by atoms with Crippen LogP contribution in [0, 0.1) is 17.8 Å². The van der Waals surface area contributed by atoms with Gasteiger partial charge in [0.15, 0.2) is 16.8 Å². The third kappa shape index (κ3) is 3.82. The number of Topliss-reactive ketones (excluding diaryl/α,β-unsaturated/α-hetero) is 1. The van der Waals surface area contributed by atoms with E-state index in [0.29, 0.717) is 26.9 Å². The lowest BCUT2D eigenvalue weighted by molar-refractivity contribution is 0.102. The summed E-state index contributed by atoms with van der Waals surface area (Å²) in [6, 6.07) is 8.07. The lowest BCUT2D eigenvalue weighted by atomic mass is 9.84. The number of rotatable bonds is 7. The third-order valence-electron chi connectivity index (χ3n) is 6.41. The molecule has 0 amide bonds. The van der Waals surface area contributed by atoms with E-state index in [0.717, 1.165) is 27.7 Å². The minimum Gasteiger partial charge on any atom is -0.298 e. The fourth-order valence-corrected chi connectivity index (χ4v) is 7.74. The van der Waals surface area contributed by atoms with Crippen LogP contribution in [0.1, 0.15) is 48.3 Å². The largest absolute Gasteiger partial charge is 0.298 e. The smallest absolute Gasteiger partial charge is 0.192 e. The van der Waals surface area contributed by atoms with E-state index < -0.39 is 0 Å². The number of ketones is 1. The second-order valence-corrected chi connectivity index (χ2v) is 11.7. The van der Waals surface area contributed by atoms with Crippen molar-refractivity contribution >= 4 is 51.8 Å². The van der Waals surface area contributed by atoms with Gasteiger partial charge in [0.1, 0.15) is 0 Å². The van der Waals surface area contributed by atoms with Gasteiger partial charge in [0.2, 0.25) is 0 Å². The molecule has 0 N–H and O–H groups in total. The van der Waals surface area contributed by atoms with E-state index >= 15 is 0 Å². The molecular formula is C21H22ClN3OS3. The zero-order valence-corrected chi connectivity index (χ0v) is 19.3. The van der Waals surface area contributed by atoms with Gasteiger partial charge in [-0.2, -0.15) is 0 Å². The number of thiophene rings is 2. The Balaban J connectivity index is 1.41. The van der Waals surface area contributed by atoms with Gasteiger partial charge in [-0.3, -0.25) is 9.36 Å². The molecule has 8 heteroatoms. The summed E-state index contributed by atoms with van der Waals surface area (Å²) in [5.41, 5.74) is 0. The highest BCUT2D eigenvalue weighted by Gasteiger charge is 2.43. The van der Waals surface area contributed by atoms with Crippen LogP contribution in [0.25, 0.3) is 10.7 Å². The molecule has 0 spiro atoms. The molecule has 4 atom stereocenters. The average Bonchev–Trinajstić information content (AvgIpc) is 3.53. The van der Waals surface area contributed by atoms with Crippen molar-refractivity contribution in [3.63, 3.8) is 0 Å². The summed E-state index contributed by atoms with van der Waals surface area (Å²) in [6.07, 6.45) is 5.44. The predicted octanol–water partition coefficient (Wildman–Crippen LogP) is 6.69. The van der Waals surface area contributed by atoms with Crippen LogP contribution in [-0.2, 0) is 0 Å². The first-order valence-corrected chi connectivity index (χ1v) is 13.1. The van der Waals surface area contributed by atoms with Crippen molar-refractivity contribution in [3.05, 3.63) is 38.9 Å². The zero-order valence-electron chi connectivity index (χ0n) is 16.1. The van der Waals surface area contributed by atoms with E-state index in [1.165, 1.54) is 48.8 Å². The van der Waals surface area contributed by atoms with Gasteiger partial charge in [0, 0.05) is 6.04 Å². The van der Waals surface area contributed by atoms with Gasteiger partial charge in [-0.15, -0.1) is 32.9 Å². The minimum absolute atomic E-state index is 0.0895. The van der Waals surface area contributed by atoms with Crippen LogP contribution < -0.4 is 0 Å². The number of hydrogen-bond acceptors (Lipinski definition) is 6. The summed E-state index contributed by atoms with van der Waals surface area (Å²) in [4.78, 5) is 14.4. The molecule has 3 aromatic rings. The SMILES string of the molecule is C[C@H]([C@@H]1C[C@H]2CC[C@H]1C2)n1c(SCC(=O)c2ccc(Cl)s2)nnc1-c1cccs1. The second-order valence-electron chi connectivity index (χ2n) is 8.05. The Bertz CT molecular complexity index is 1010. The van der Waals surface area contributed by atoms with E-state index in [4.69, 9.17) is 11.6 Å². The summed E-state index contributed by atoms with van der Waals surface area (Å²) >= 11 is 10.5. The van der Waals surface area contributed by atoms with Crippen LogP contribution >= 0.6 is 46.0 Å². The van der Waals surface area contributed by atoms with Crippen molar-refractivity contribution in [3.8, 4) is 10.7 Å². The van der Waals surface area contributed by atoms with Crippen molar-refractivity contribution in [2.45, 2.75) is 43.8 Å². The lowest BCUT2D eigenvalue weighted by Crippen LogP contribution is -2.23. The first-order valence-electron chi connectivity index (χ1n) is 10.00. The molecule has 2 aliphatic carbocycles. The van der Waals surface area contributed by atoms with Crippen LogP contribution in [0.5, 0.6) is 0 Å². The van der Waals surface area contributed by atoms with Crippen molar-refractivity contribution in [1.82, 2.24) is 14.8 Å². The maximum absolute atomic E-state index is 12.6. The van der Waals surface area contributed by atoms with E-state index in [2.05, 4.69) is 39.2 Å². The molecule has 2 aliphatic rings. The Labute approximate surface area is 187 Å². The Morgan fingerprint density at radius 2 is 2.21 bits per heavy atom. The van der Waals surface area contributed by atoms with Gasteiger partial charge in [-0.25, -0.2) is 0 Å². The summed E-state index contributed by atoms with van der Waals surface area (Å²) < 4.78 is 2.95. The van der Waals surface area contributed by atoms with Gasteiger partial charge in [-0.1, -0.05) is 35.9 Å². The molecule has 0 unspecified atom stereocenters. The van der Waals surface area contributed by atoms with Crippen molar-refractivity contribution < 1.29 is 4.79 Å². The Hall–Kier alpha value is -1.15. The fraction of sp³-hybridized carbons (Fsp3) is 0.476. The van der Waals surface area contributed by atoms with Crippen molar-refractivity contribution in [1.29, 1.82) is 0 Å². The first kappa shape index (κ1) is 19.8. The molecule has 2 bridgehead atoms. The number of thioether (sulfide) groups is 1. The number of nitrogens with zero attached hydrogens (tertiary/aromatic N) is 3. The molecule has 4 nitrogen and oxygen atoms in total. The number of aromatic nitrogens is 3. The highest BCUT2D eigenvalue weighted by atomic mass is 35.5. The monoisotopic (exact) mass is 463 g/mol. The average molecular weight is 464 g/mol. The highest BCUT2D eigenvalue weighted by molar-refractivity contribution is 7.99. The normalized spacial score (nSPS) is 24.3. The summed E-state index contributed by atoms with van der Waals surface area (Å²) in [6.45, 7) is 2.32. The minimum atomic E-state index is 0.0895. The quantitative estimate of drug-likeness (QED) is 0.289. The van der Waals surface area contributed by atoms with Gasteiger partial charge in [0.25, 0.3) is 0 Å². The third-order valence-corrected chi connectivity index (χ3v) is 9.49. The second kappa shape index (κ2) is 8.17. The number of carbonyl (C=O) groups is 1. The van der Waals surface area contributed by atoms with E-state index in [1.54, 1.807) is 23.5 Å².